The molecule has 0 saturated heterocycles. The molecule has 0 aromatic carbocycles. The Morgan fingerprint density at radius 2 is 2.20 bits per heavy atom. The van der Waals surface area contributed by atoms with Gasteiger partial charge in [-0.1, -0.05) is 41.7 Å². The Balaban J connectivity index is 3.98. The zero-order valence-electron chi connectivity index (χ0n) is 5.64. The Bertz CT molecular complexity index is 150. The standard InChI is InChI=1S/C6H9Cl2NO/c1-2-3-5(9-10)4-6(7)8/h4,10H,2-3H2,1H3. The topological polar surface area (TPSA) is 32.6 Å². The molecule has 0 aliphatic rings. The second kappa shape index (κ2) is 5.57. The number of rotatable bonds is 3. The largest absolute Gasteiger partial charge is 0.411 e. The van der Waals surface area contributed by atoms with E-state index in [9.17, 15) is 0 Å². The van der Waals surface area contributed by atoms with Gasteiger partial charge in [-0.05, 0) is 12.5 Å². The lowest BCUT2D eigenvalue weighted by Crippen LogP contribution is -1.91. The number of hydrogen-bond donors (Lipinski definition) is 1. The minimum absolute atomic E-state index is 0.112. The number of allylic oxidation sites excluding steroid dienone is 1. The van der Waals surface area contributed by atoms with Crippen LogP contribution in [0.4, 0.5) is 0 Å². The summed E-state index contributed by atoms with van der Waals surface area (Å²) in [7, 11) is 0. The number of halogens is 2. The van der Waals surface area contributed by atoms with Crippen LogP contribution in [-0.4, -0.2) is 10.9 Å². The SMILES string of the molecule is CCCC(C=C(Cl)Cl)=NO. The van der Waals surface area contributed by atoms with Crippen molar-refractivity contribution in [2.75, 3.05) is 0 Å². The van der Waals surface area contributed by atoms with Crippen molar-refractivity contribution in [2.45, 2.75) is 19.8 Å². The van der Waals surface area contributed by atoms with Crippen LogP contribution in [0, 0.1) is 0 Å². The van der Waals surface area contributed by atoms with Crippen LogP contribution in [0.3, 0.4) is 0 Å². The van der Waals surface area contributed by atoms with Crippen LogP contribution in [0.5, 0.6) is 0 Å². The molecule has 0 rings (SSSR count). The molecule has 0 saturated carbocycles. The second-order valence-corrected chi connectivity index (χ2v) is 2.78. The van der Waals surface area contributed by atoms with Crippen molar-refractivity contribution in [3.63, 3.8) is 0 Å². The van der Waals surface area contributed by atoms with Crippen molar-refractivity contribution < 1.29 is 5.21 Å². The van der Waals surface area contributed by atoms with E-state index in [1.807, 2.05) is 6.92 Å². The first-order valence-electron chi connectivity index (χ1n) is 2.94. The van der Waals surface area contributed by atoms with Crippen LogP contribution in [-0.2, 0) is 0 Å². The van der Waals surface area contributed by atoms with E-state index < -0.39 is 0 Å². The lowest BCUT2D eigenvalue weighted by molar-refractivity contribution is 0.318. The fourth-order valence-corrected chi connectivity index (χ4v) is 0.785. The average Bonchev–Trinajstić information content (AvgIpc) is 1.86. The van der Waals surface area contributed by atoms with Crippen molar-refractivity contribution in [1.82, 2.24) is 0 Å². The number of oxime groups is 1. The maximum Gasteiger partial charge on any atom is 0.108 e. The first-order valence-corrected chi connectivity index (χ1v) is 3.70. The molecule has 0 aliphatic heterocycles. The smallest absolute Gasteiger partial charge is 0.108 e. The van der Waals surface area contributed by atoms with Crippen LogP contribution in [0.1, 0.15) is 19.8 Å². The molecule has 0 spiro atoms. The predicted molar refractivity (Wildman–Crippen MR) is 43.9 cm³/mol. The fraction of sp³-hybridized carbons (Fsp3) is 0.500. The highest BCUT2D eigenvalue weighted by Gasteiger charge is 1.94. The predicted octanol–water partition coefficient (Wildman–Crippen LogP) is 2.94. The van der Waals surface area contributed by atoms with E-state index in [0.29, 0.717) is 12.1 Å². The van der Waals surface area contributed by atoms with E-state index in [-0.39, 0.29) is 4.49 Å². The molecular formula is C6H9Cl2NO. The molecule has 2 nitrogen and oxygen atoms in total. The van der Waals surface area contributed by atoms with Crippen LogP contribution < -0.4 is 0 Å². The van der Waals surface area contributed by atoms with Crippen LogP contribution in [0.25, 0.3) is 0 Å². The Labute approximate surface area is 70.1 Å². The first-order chi connectivity index (χ1) is 4.70. The van der Waals surface area contributed by atoms with Gasteiger partial charge in [-0.3, -0.25) is 0 Å². The molecule has 0 aromatic heterocycles. The van der Waals surface area contributed by atoms with Crippen molar-refractivity contribution in [2.24, 2.45) is 5.16 Å². The molecule has 10 heavy (non-hydrogen) atoms. The molecule has 1 N–H and O–H groups in total. The summed E-state index contributed by atoms with van der Waals surface area (Å²) >= 11 is 10.6. The summed E-state index contributed by atoms with van der Waals surface area (Å²) in [6.45, 7) is 1.97. The maximum atomic E-state index is 8.33. The molecule has 58 valence electrons. The molecule has 0 unspecified atom stereocenters. The average molecular weight is 182 g/mol. The molecule has 0 radical (unpaired) electrons. The molecule has 0 heterocycles. The summed E-state index contributed by atoms with van der Waals surface area (Å²) in [6.07, 6.45) is 3.00. The fourth-order valence-electron chi connectivity index (χ4n) is 0.533. The van der Waals surface area contributed by atoms with Gasteiger partial charge in [0.2, 0.25) is 0 Å². The van der Waals surface area contributed by atoms with E-state index in [4.69, 9.17) is 28.4 Å². The van der Waals surface area contributed by atoms with E-state index in [2.05, 4.69) is 5.16 Å². The minimum atomic E-state index is 0.112. The van der Waals surface area contributed by atoms with E-state index in [1.54, 1.807) is 0 Å². The van der Waals surface area contributed by atoms with Gasteiger partial charge in [-0.2, -0.15) is 0 Å². The molecule has 0 aliphatic carbocycles. The first kappa shape index (κ1) is 9.79. The monoisotopic (exact) mass is 181 g/mol. The highest BCUT2D eigenvalue weighted by molar-refractivity contribution is 6.56. The van der Waals surface area contributed by atoms with Gasteiger partial charge in [0.1, 0.15) is 4.49 Å². The van der Waals surface area contributed by atoms with E-state index >= 15 is 0 Å². The zero-order chi connectivity index (χ0) is 7.98. The van der Waals surface area contributed by atoms with Crippen molar-refractivity contribution >= 4 is 28.9 Å². The molecule has 4 heteroatoms. The Hall–Kier alpha value is -0.210. The van der Waals surface area contributed by atoms with Gasteiger partial charge in [0, 0.05) is 0 Å². The Kier molecular flexibility index (Phi) is 5.45. The van der Waals surface area contributed by atoms with Crippen LogP contribution in [0.15, 0.2) is 15.7 Å². The summed E-state index contributed by atoms with van der Waals surface area (Å²) in [6, 6.07) is 0. The van der Waals surface area contributed by atoms with E-state index in [1.165, 1.54) is 6.08 Å². The van der Waals surface area contributed by atoms with Crippen LogP contribution in [0.2, 0.25) is 0 Å². The van der Waals surface area contributed by atoms with Crippen molar-refractivity contribution in [3.05, 3.63) is 10.6 Å². The molecule has 0 bridgehead atoms. The molecule has 0 fully saturated rings. The third-order valence-electron chi connectivity index (χ3n) is 0.910. The van der Waals surface area contributed by atoms with Gasteiger partial charge in [-0.15, -0.1) is 0 Å². The molecule has 0 atom stereocenters. The maximum absolute atomic E-state index is 8.33. The van der Waals surface area contributed by atoms with Crippen molar-refractivity contribution in [3.8, 4) is 0 Å². The number of hydrogen-bond acceptors (Lipinski definition) is 2. The number of nitrogens with zero attached hydrogens (tertiary/aromatic N) is 1. The summed E-state index contributed by atoms with van der Waals surface area (Å²) in [5.74, 6) is 0. The highest BCUT2D eigenvalue weighted by atomic mass is 35.5. The normalized spacial score (nSPS) is 11.3. The summed E-state index contributed by atoms with van der Waals surface area (Å²) < 4.78 is 0.112. The summed E-state index contributed by atoms with van der Waals surface area (Å²) in [5, 5.41) is 11.3. The van der Waals surface area contributed by atoms with Gasteiger partial charge in [-0.25, -0.2) is 0 Å². The molecule has 0 aromatic rings. The summed E-state index contributed by atoms with van der Waals surface area (Å²) in [4.78, 5) is 0. The van der Waals surface area contributed by atoms with Gasteiger partial charge < -0.3 is 5.21 Å². The highest BCUT2D eigenvalue weighted by Crippen LogP contribution is 2.08. The third kappa shape index (κ3) is 4.65. The quantitative estimate of drug-likeness (QED) is 0.406. The zero-order valence-corrected chi connectivity index (χ0v) is 7.15. The molecular weight excluding hydrogens is 173 g/mol. The minimum Gasteiger partial charge on any atom is -0.411 e. The lowest BCUT2D eigenvalue weighted by atomic mass is 10.2. The van der Waals surface area contributed by atoms with Crippen molar-refractivity contribution in [1.29, 1.82) is 0 Å². The third-order valence-corrected chi connectivity index (χ3v) is 1.13. The molecule has 0 amide bonds. The van der Waals surface area contributed by atoms with Gasteiger partial charge in [0.05, 0.1) is 5.71 Å². The second-order valence-electron chi connectivity index (χ2n) is 1.78. The van der Waals surface area contributed by atoms with E-state index in [0.717, 1.165) is 6.42 Å². The van der Waals surface area contributed by atoms with Gasteiger partial charge in [0.15, 0.2) is 0 Å². The lowest BCUT2D eigenvalue weighted by Gasteiger charge is -1.92. The van der Waals surface area contributed by atoms with Gasteiger partial charge in [0.25, 0.3) is 0 Å². The summed E-state index contributed by atoms with van der Waals surface area (Å²) in [5.41, 5.74) is 0.502. The Morgan fingerprint density at radius 1 is 1.60 bits per heavy atom. The van der Waals surface area contributed by atoms with Gasteiger partial charge >= 0.3 is 0 Å². The Morgan fingerprint density at radius 3 is 2.50 bits per heavy atom. The van der Waals surface area contributed by atoms with Crippen LogP contribution >= 0.6 is 23.2 Å².